The molecule has 20 heavy (non-hydrogen) atoms. The van der Waals surface area contributed by atoms with Crippen molar-refractivity contribution in [2.75, 3.05) is 12.9 Å². The van der Waals surface area contributed by atoms with Crippen molar-refractivity contribution in [3.05, 3.63) is 12.3 Å². The highest BCUT2D eigenvalue weighted by Crippen LogP contribution is 2.21. The van der Waals surface area contributed by atoms with Crippen molar-refractivity contribution in [3.63, 3.8) is 0 Å². The van der Waals surface area contributed by atoms with Crippen molar-refractivity contribution in [2.45, 2.75) is 31.5 Å². The molecule has 0 saturated heterocycles. The number of thioether (sulfide) groups is 1. The van der Waals surface area contributed by atoms with Crippen LogP contribution in [0.5, 0.6) is 0 Å². The summed E-state index contributed by atoms with van der Waals surface area (Å²) in [6.45, 7) is 3.00. The maximum Gasteiger partial charge on any atom is 0.316 e. The van der Waals surface area contributed by atoms with E-state index in [0.717, 1.165) is 31.1 Å². The predicted molar refractivity (Wildman–Crippen MR) is 73.2 cm³/mol. The molecule has 0 aliphatic heterocycles. The molecule has 0 amide bonds. The molecule has 0 unspecified atom stereocenters. The molecule has 0 radical (unpaired) electrons. The Hall–Kier alpha value is -1.83. The Kier molecular flexibility index (Phi) is 5.16. The molecule has 2 aromatic rings. The van der Waals surface area contributed by atoms with Crippen molar-refractivity contribution in [1.29, 1.82) is 0 Å². The van der Waals surface area contributed by atoms with Crippen LogP contribution in [0.2, 0.25) is 0 Å². The first-order valence-electron chi connectivity index (χ1n) is 6.30. The van der Waals surface area contributed by atoms with Gasteiger partial charge in [-0.05, 0) is 12.5 Å². The molecule has 2 aromatic heterocycles. The average Bonchev–Trinajstić information content (AvgIpc) is 3.11. The second-order valence-electron chi connectivity index (χ2n) is 4.06. The third-order valence-corrected chi connectivity index (χ3v) is 3.34. The third kappa shape index (κ3) is 3.83. The van der Waals surface area contributed by atoms with Gasteiger partial charge in [0.05, 0.1) is 7.11 Å². The highest BCUT2D eigenvalue weighted by molar-refractivity contribution is 7.99. The van der Waals surface area contributed by atoms with Crippen molar-refractivity contribution in [3.8, 4) is 11.6 Å². The SMILES string of the molecule is CCCCn1ccc(-c2nnc(SCC(=O)OC)o2)n1. The molecule has 108 valence electrons. The number of carbonyl (C=O) groups excluding carboxylic acids is 1. The van der Waals surface area contributed by atoms with Gasteiger partial charge < -0.3 is 9.15 Å². The first-order chi connectivity index (χ1) is 9.72. The summed E-state index contributed by atoms with van der Waals surface area (Å²) in [6, 6.07) is 1.83. The minimum Gasteiger partial charge on any atom is -0.468 e. The van der Waals surface area contributed by atoms with Crippen LogP contribution in [0.1, 0.15) is 19.8 Å². The van der Waals surface area contributed by atoms with Crippen LogP contribution < -0.4 is 0 Å². The number of hydrogen-bond acceptors (Lipinski definition) is 7. The zero-order valence-corrected chi connectivity index (χ0v) is 12.2. The number of nitrogens with zero attached hydrogens (tertiary/aromatic N) is 4. The van der Waals surface area contributed by atoms with Crippen LogP contribution >= 0.6 is 11.8 Å². The number of aryl methyl sites for hydroxylation is 1. The average molecular weight is 296 g/mol. The van der Waals surface area contributed by atoms with Gasteiger partial charge in [0, 0.05) is 12.7 Å². The molecule has 0 fully saturated rings. The quantitative estimate of drug-likeness (QED) is 0.570. The lowest BCUT2D eigenvalue weighted by atomic mass is 10.3. The largest absolute Gasteiger partial charge is 0.468 e. The fraction of sp³-hybridized carbons (Fsp3) is 0.500. The molecule has 8 heteroatoms. The number of unbranched alkanes of at least 4 members (excludes halogenated alkanes) is 1. The highest BCUT2D eigenvalue weighted by atomic mass is 32.2. The molecule has 7 nitrogen and oxygen atoms in total. The third-order valence-electron chi connectivity index (χ3n) is 2.55. The Labute approximate surface area is 120 Å². The van der Waals surface area contributed by atoms with Gasteiger partial charge in [-0.1, -0.05) is 25.1 Å². The van der Waals surface area contributed by atoms with E-state index in [4.69, 9.17) is 4.42 Å². The zero-order chi connectivity index (χ0) is 14.4. The maximum atomic E-state index is 11.0. The summed E-state index contributed by atoms with van der Waals surface area (Å²) < 4.78 is 11.8. The van der Waals surface area contributed by atoms with E-state index in [0.29, 0.717) is 16.8 Å². The van der Waals surface area contributed by atoms with Crippen LogP contribution in [0.15, 0.2) is 21.9 Å². The zero-order valence-electron chi connectivity index (χ0n) is 11.4. The topological polar surface area (TPSA) is 83.0 Å². The van der Waals surface area contributed by atoms with Gasteiger partial charge in [0.15, 0.2) is 0 Å². The molecule has 0 bridgehead atoms. The summed E-state index contributed by atoms with van der Waals surface area (Å²) in [6.07, 6.45) is 4.08. The number of aromatic nitrogens is 4. The normalized spacial score (nSPS) is 10.7. The number of rotatable bonds is 7. The van der Waals surface area contributed by atoms with Gasteiger partial charge in [-0.25, -0.2) is 0 Å². The van der Waals surface area contributed by atoms with Crippen molar-refractivity contribution < 1.29 is 13.9 Å². The molecule has 0 spiro atoms. The van der Waals surface area contributed by atoms with Crippen molar-refractivity contribution in [1.82, 2.24) is 20.0 Å². The van der Waals surface area contributed by atoms with Crippen LogP contribution in [-0.2, 0) is 16.1 Å². The lowest BCUT2D eigenvalue weighted by molar-refractivity contribution is -0.137. The van der Waals surface area contributed by atoms with Crippen LogP contribution in [0, 0.1) is 0 Å². The van der Waals surface area contributed by atoms with E-state index < -0.39 is 0 Å². The van der Waals surface area contributed by atoms with E-state index in [1.807, 2.05) is 16.9 Å². The lowest BCUT2D eigenvalue weighted by Crippen LogP contribution is -2.02. The summed E-state index contributed by atoms with van der Waals surface area (Å²) in [4.78, 5) is 11.0. The van der Waals surface area contributed by atoms with E-state index in [1.54, 1.807) is 0 Å². The summed E-state index contributed by atoms with van der Waals surface area (Å²) in [5, 5.41) is 12.5. The van der Waals surface area contributed by atoms with E-state index in [9.17, 15) is 4.79 Å². The first-order valence-corrected chi connectivity index (χ1v) is 7.28. The minimum absolute atomic E-state index is 0.142. The summed E-state index contributed by atoms with van der Waals surface area (Å²) in [5.41, 5.74) is 0.638. The van der Waals surface area contributed by atoms with Gasteiger partial charge in [0.1, 0.15) is 11.4 Å². The Bertz CT molecular complexity index is 567. The molecular formula is C12H16N4O3S. The van der Waals surface area contributed by atoms with Gasteiger partial charge in [-0.2, -0.15) is 5.10 Å². The van der Waals surface area contributed by atoms with Crippen LogP contribution in [-0.4, -0.2) is 38.8 Å². The van der Waals surface area contributed by atoms with Gasteiger partial charge in [0.2, 0.25) is 0 Å². The summed E-state index contributed by atoms with van der Waals surface area (Å²) in [7, 11) is 1.34. The summed E-state index contributed by atoms with van der Waals surface area (Å²) in [5.74, 6) is 0.162. The van der Waals surface area contributed by atoms with Crippen LogP contribution in [0.3, 0.4) is 0 Å². The van der Waals surface area contributed by atoms with Gasteiger partial charge in [-0.15, -0.1) is 10.2 Å². The Morgan fingerprint density at radius 3 is 3.10 bits per heavy atom. The van der Waals surface area contributed by atoms with E-state index in [1.165, 1.54) is 7.11 Å². The number of esters is 1. The molecule has 0 aliphatic rings. The maximum absolute atomic E-state index is 11.0. The molecule has 0 saturated carbocycles. The fourth-order valence-corrected chi connectivity index (χ4v) is 2.07. The van der Waals surface area contributed by atoms with Crippen molar-refractivity contribution >= 4 is 17.7 Å². The number of ether oxygens (including phenoxy) is 1. The molecule has 0 N–H and O–H groups in total. The van der Waals surface area contributed by atoms with Crippen LogP contribution in [0.4, 0.5) is 0 Å². The molecule has 0 aromatic carbocycles. The smallest absolute Gasteiger partial charge is 0.316 e. The monoisotopic (exact) mass is 296 g/mol. The van der Waals surface area contributed by atoms with Gasteiger partial charge >= 0.3 is 5.97 Å². The molecule has 2 heterocycles. The standard InChI is InChI=1S/C12H16N4O3S/c1-3-4-6-16-7-5-9(15-16)11-13-14-12(19-11)20-8-10(17)18-2/h5,7H,3-4,6,8H2,1-2H3. The molecule has 0 atom stereocenters. The lowest BCUT2D eigenvalue weighted by Gasteiger charge is -1.97. The molecule has 0 aliphatic carbocycles. The second kappa shape index (κ2) is 7.09. The van der Waals surface area contributed by atoms with E-state index in [-0.39, 0.29) is 11.7 Å². The Morgan fingerprint density at radius 1 is 1.50 bits per heavy atom. The highest BCUT2D eigenvalue weighted by Gasteiger charge is 2.13. The number of methoxy groups -OCH3 is 1. The minimum atomic E-state index is -0.335. The number of hydrogen-bond donors (Lipinski definition) is 0. The Morgan fingerprint density at radius 2 is 2.35 bits per heavy atom. The van der Waals surface area contributed by atoms with Gasteiger partial charge in [-0.3, -0.25) is 9.48 Å². The Balaban J connectivity index is 1.97. The van der Waals surface area contributed by atoms with E-state index >= 15 is 0 Å². The fourth-order valence-electron chi connectivity index (χ4n) is 1.47. The molecule has 2 rings (SSSR count). The second-order valence-corrected chi connectivity index (χ2v) is 4.98. The van der Waals surface area contributed by atoms with Crippen molar-refractivity contribution in [2.24, 2.45) is 0 Å². The first kappa shape index (κ1) is 14.6. The molecular weight excluding hydrogens is 280 g/mol. The van der Waals surface area contributed by atoms with Gasteiger partial charge in [0.25, 0.3) is 11.1 Å². The van der Waals surface area contributed by atoms with E-state index in [2.05, 4.69) is 27.0 Å². The number of carbonyl (C=O) groups is 1. The summed E-state index contributed by atoms with van der Waals surface area (Å²) >= 11 is 1.14. The predicted octanol–water partition coefficient (Wildman–Crippen LogP) is 2.00. The van der Waals surface area contributed by atoms with Crippen LogP contribution in [0.25, 0.3) is 11.6 Å².